The number of ether oxygens (including phenoxy) is 3. The number of aliphatic imine (C=N–C) groups is 1. The molecule has 0 aliphatic rings. The molecule has 1 aromatic heterocycles. The zero-order valence-electron chi connectivity index (χ0n) is 18.7. The Morgan fingerprint density at radius 3 is 2.40 bits per heavy atom. The standard InChI is InChI=1S/C22H32N4O3.HI/c1-7-23-22(26-14-18-16(3)21(29-6)15(2)13-25-18)24-11-10-17-8-9-19(27-4)20(12-17)28-5;/h8-9,12-13H,7,10-11,14H2,1-6H3,(H2,23,24,26);1H. The average Bonchev–Trinajstić information content (AvgIpc) is 2.73. The summed E-state index contributed by atoms with van der Waals surface area (Å²) < 4.78 is 16.1. The molecule has 0 saturated heterocycles. The van der Waals surface area contributed by atoms with Gasteiger partial charge in [-0.25, -0.2) is 4.99 Å². The van der Waals surface area contributed by atoms with Gasteiger partial charge in [0.15, 0.2) is 17.5 Å². The van der Waals surface area contributed by atoms with Crippen molar-refractivity contribution in [1.29, 1.82) is 0 Å². The minimum atomic E-state index is 0. The van der Waals surface area contributed by atoms with Gasteiger partial charge in [0, 0.05) is 30.4 Å². The van der Waals surface area contributed by atoms with Gasteiger partial charge < -0.3 is 24.8 Å². The molecule has 0 saturated carbocycles. The second-order valence-electron chi connectivity index (χ2n) is 6.61. The predicted molar refractivity (Wildman–Crippen MR) is 132 cm³/mol. The van der Waals surface area contributed by atoms with E-state index in [0.717, 1.165) is 65.1 Å². The van der Waals surface area contributed by atoms with Crippen LogP contribution in [0.3, 0.4) is 0 Å². The molecule has 0 bridgehead atoms. The van der Waals surface area contributed by atoms with E-state index in [1.54, 1.807) is 21.3 Å². The number of nitrogens with one attached hydrogen (secondary N) is 2. The molecule has 0 fully saturated rings. The molecule has 0 amide bonds. The van der Waals surface area contributed by atoms with E-state index < -0.39 is 0 Å². The fourth-order valence-corrected chi connectivity index (χ4v) is 3.09. The Morgan fingerprint density at radius 2 is 1.77 bits per heavy atom. The minimum Gasteiger partial charge on any atom is -0.496 e. The van der Waals surface area contributed by atoms with E-state index in [2.05, 4.69) is 20.6 Å². The van der Waals surface area contributed by atoms with Crippen LogP contribution in [0.4, 0.5) is 0 Å². The Labute approximate surface area is 196 Å². The number of aromatic nitrogens is 1. The molecule has 0 unspecified atom stereocenters. The number of hydrogen-bond acceptors (Lipinski definition) is 5. The third kappa shape index (κ3) is 6.93. The van der Waals surface area contributed by atoms with Gasteiger partial charge in [-0.05, 0) is 44.9 Å². The third-order valence-corrected chi connectivity index (χ3v) is 4.64. The van der Waals surface area contributed by atoms with E-state index >= 15 is 0 Å². The number of pyridine rings is 1. The van der Waals surface area contributed by atoms with Crippen LogP contribution in [0.15, 0.2) is 29.4 Å². The first-order chi connectivity index (χ1) is 14.0. The molecule has 0 aliphatic heterocycles. The lowest BCUT2D eigenvalue weighted by Crippen LogP contribution is -2.38. The van der Waals surface area contributed by atoms with Gasteiger partial charge in [0.1, 0.15) is 5.75 Å². The van der Waals surface area contributed by atoms with Crippen molar-refractivity contribution in [2.75, 3.05) is 34.4 Å². The molecule has 2 N–H and O–H groups in total. The van der Waals surface area contributed by atoms with E-state index in [4.69, 9.17) is 14.2 Å². The van der Waals surface area contributed by atoms with Gasteiger partial charge in [-0.1, -0.05) is 6.07 Å². The number of hydrogen-bond donors (Lipinski definition) is 2. The zero-order chi connectivity index (χ0) is 21.2. The molecule has 30 heavy (non-hydrogen) atoms. The smallest absolute Gasteiger partial charge is 0.191 e. The highest BCUT2D eigenvalue weighted by Gasteiger charge is 2.09. The number of benzene rings is 1. The molecule has 7 nitrogen and oxygen atoms in total. The van der Waals surface area contributed by atoms with Crippen molar-refractivity contribution in [2.24, 2.45) is 4.99 Å². The third-order valence-electron chi connectivity index (χ3n) is 4.64. The van der Waals surface area contributed by atoms with Crippen LogP contribution in [0.25, 0.3) is 0 Å². The highest BCUT2D eigenvalue weighted by molar-refractivity contribution is 14.0. The summed E-state index contributed by atoms with van der Waals surface area (Å²) in [6.07, 6.45) is 2.66. The first-order valence-electron chi connectivity index (χ1n) is 9.76. The summed E-state index contributed by atoms with van der Waals surface area (Å²) in [6.45, 7) is 8.06. The number of nitrogens with zero attached hydrogens (tertiary/aromatic N) is 2. The van der Waals surface area contributed by atoms with Crippen molar-refractivity contribution in [1.82, 2.24) is 15.6 Å². The van der Waals surface area contributed by atoms with Gasteiger partial charge in [-0.2, -0.15) is 0 Å². The Morgan fingerprint density at radius 1 is 1.03 bits per heavy atom. The maximum absolute atomic E-state index is 5.48. The number of methoxy groups -OCH3 is 3. The molecule has 166 valence electrons. The van der Waals surface area contributed by atoms with E-state index in [9.17, 15) is 0 Å². The summed E-state index contributed by atoms with van der Waals surface area (Å²) in [6, 6.07) is 5.96. The Bertz CT molecular complexity index is 843. The topological polar surface area (TPSA) is 77.0 Å². The number of rotatable bonds is 9. The van der Waals surface area contributed by atoms with Crippen LogP contribution >= 0.6 is 24.0 Å². The van der Waals surface area contributed by atoms with Crippen LogP contribution in [0.5, 0.6) is 17.2 Å². The summed E-state index contributed by atoms with van der Waals surface area (Å²) in [5.74, 6) is 3.10. The minimum absolute atomic E-state index is 0. The van der Waals surface area contributed by atoms with Crippen molar-refractivity contribution in [3.05, 3.63) is 46.8 Å². The van der Waals surface area contributed by atoms with Crippen LogP contribution < -0.4 is 24.8 Å². The van der Waals surface area contributed by atoms with Gasteiger partial charge in [0.25, 0.3) is 0 Å². The molecule has 1 aromatic carbocycles. The van der Waals surface area contributed by atoms with Crippen molar-refractivity contribution in [3.8, 4) is 17.2 Å². The van der Waals surface area contributed by atoms with Crippen LogP contribution in [-0.4, -0.2) is 45.4 Å². The fraction of sp³-hybridized carbons (Fsp3) is 0.455. The van der Waals surface area contributed by atoms with Gasteiger partial charge >= 0.3 is 0 Å². The first-order valence-corrected chi connectivity index (χ1v) is 9.76. The first kappa shape index (κ1) is 25.8. The highest BCUT2D eigenvalue weighted by Crippen LogP contribution is 2.27. The van der Waals surface area contributed by atoms with Crippen LogP contribution in [0.2, 0.25) is 0 Å². The molecule has 1 heterocycles. The summed E-state index contributed by atoms with van der Waals surface area (Å²) in [5.41, 5.74) is 4.12. The zero-order valence-corrected chi connectivity index (χ0v) is 21.0. The van der Waals surface area contributed by atoms with E-state index in [1.165, 1.54) is 0 Å². The quantitative estimate of drug-likeness (QED) is 0.294. The molecule has 0 radical (unpaired) electrons. The Balaban J connectivity index is 0.00000450. The summed E-state index contributed by atoms with van der Waals surface area (Å²) in [5, 5.41) is 6.65. The SMILES string of the molecule is CCNC(=NCc1ncc(C)c(OC)c1C)NCCc1ccc(OC)c(OC)c1.I. The molecule has 2 aromatic rings. The summed E-state index contributed by atoms with van der Waals surface area (Å²) in [7, 11) is 4.96. The highest BCUT2D eigenvalue weighted by atomic mass is 127. The molecule has 8 heteroatoms. The fourth-order valence-electron chi connectivity index (χ4n) is 3.09. The second-order valence-corrected chi connectivity index (χ2v) is 6.61. The second kappa shape index (κ2) is 13.1. The van der Waals surface area contributed by atoms with Gasteiger partial charge in [0.05, 0.1) is 33.6 Å². The Hall–Kier alpha value is -2.23. The monoisotopic (exact) mass is 528 g/mol. The molecular weight excluding hydrogens is 495 g/mol. The van der Waals surface area contributed by atoms with Gasteiger partial charge in [-0.3, -0.25) is 4.98 Å². The largest absolute Gasteiger partial charge is 0.496 e. The van der Waals surface area contributed by atoms with E-state index in [-0.39, 0.29) is 24.0 Å². The lowest BCUT2D eigenvalue weighted by molar-refractivity contribution is 0.354. The maximum atomic E-state index is 5.48. The van der Waals surface area contributed by atoms with Crippen LogP contribution in [0.1, 0.15) is 29.3 Å². The van der Waals surface area contributed by atoms with Crippen molar-refractivity contribution < 1.29 is 14.2 Å². The maximum Gasteiger partial charge on any atom is 0.191 e. The average molecular weight is 528 g/mol. The van der Waals surface area contributed by atoms with Crippen molar-refractivity contribution in [3.63, 3.8) is 0 Å². The van der Waals surface area contributed by atoms with Gasteiger partial charge in [0.2, 0.25) is 0 Å². The molecule has 0 spiro atoms. The predicted octanol–water partition coefficient (Wildman–Crippen LogP) is 3.64. The number of halogens is 1. The molecule has 2 rings (SSSR count). The van der Waals surface area contributed by atoms with Gasteiger partial charge in [-0.15, -0.1) is 24.0 Å². The summed E-state index contributed by atoms with van der Waals surface area (Å²) >= 11 is 0. The lowest BCUT2D eigenvalue weighted by atomic mass is 10.1. The van der Waals surface area contributed by atoms with Crippen LogP contribution in [0, 0.1) is 13.8 Å². The number of guanidine groups is 1. The molecular formula is C22H33IN4O3. The normalized spacial score (nSPS) is 10.8. The van der Waals surface area contributed by atoms with E-state index in [0.29, 0.717) is 6.54 Å². The number of aryl methyl sites for hydroxylation is 1. The molecule has 0 atom stereocenters. The summed E-state index contributed by atoms with van der Waals surface area (Å²) in [4.78, 5) is 9.19. The molecule has 0 aliphatic carbocycles. The van der Waals surface area contributed by atoms with Crippen molar-refractivity contribution in [2.45, 2.75) is 33.7 Å². The Kier molecular flexibility index (Phi) is 11.3. The van der Waals surface area contributed by atoms with E-state index in [1.807, 2.05) is 45.2 Å². The van der Waals surface area contributed by atoms with Crippen molar-refractivity contribution >= 4 is 29.9 Å². The lowest BCUT2D eigenvalue weighted by Gasteiger charge is -2.14. The van der Waals surface area contributed by atoms with Crippen LogP contribution in [-0.2, 0) is 13.0 Å².